The van der Waals surface area contributed by atoms with Crippen molar-refractivity contribution < 1.29 is 27.4 Å². The molecule has 0 radical (unpaired) electrons. The van der Waals surface area contributed by atoms with Gasteiger partial charge in [-0.1, -0.05) is 18.2 Å². The number of nitrogens with one attached hydrogen (secondary N) is 1. The van der Waals surface area contributed by atoms with Gasteiger partial charge in [0.1, 0.15) is 12.4 Å². The lowest BCUT2D eigenvalue weighted by atomic mass is 10.1. The summed E-state index contributed by atoms with van der Waals surface area (Å²) in [4.78, 5) is 13.0. The molecule has 1 heterocycles. The number of para-hydroxylation sites is 1. The standard InChI is InChI=1S/C23H23F3N2O3/c1-15-13-19(16(2)28(15)18-7-5-4-6-8-18)22(29)27-20-14-17(23(24,25)26)9-10-21(20)31-12-11-30-3/h4-10,13-14H,11-12H2,1-3H3,(H,27,29). The molecule has 2 aromatic carbocycles. The number of nitrogens with zero attached hydrogens (tertiary/aromatic N) is 1. The van der Waals surface area contributed by atoms with Crippen molar-refractivity contribution in [3.63, 3.8) is 0 Å². The SMILES string of the molecule is COCCOc1ccc(C(F)(F)F)cc1NC(=O)c1cc(C)n(-c2ccccc2)c1C. The molecule has 0 atom stereocenters. The first-order chi connectivity index (χ1) is 14.7. The Labute approximate surface area is 178 Å². The van der Waals surface area contributed by atoms with E-state index in [4.69, 9.17) is 9.47 Å². The molecule has 1 amide bonds. The third kappa shape index (κ3) is 5.08. The fourth-order valence-corrected chi connectivity index (χ4v) is 3.32. The van der Waals surface area contributed by atoms with Crippen LogP contribution in [0.5, 0.6) is 5.75 Å². The Hall–Kier alpha value is -3.26. The predicted octanol–water partition coefficient (Wildman–Crippen LogP) is 5.39. The van der Waals surface area contributed by atoms with Crippen LogP contribution in [-0.4, -0.2) is 30.8 Å². The van der Waals surface area contributed by atoms with E-state index in [9.17, 15) is 18.0 Å². The highest BCUT2D eigenvalue weighted by Crippen LogP contribution is 2.35. The van der Waals surface area contributed by atoms with Gasteiger partial charge in [0.15, 0.2) is 0 Å². The minimum absolute atomic E-state index is 0.0551. The lowest BCUT2D eigenvalue weighted by molar-refractivity contribution is -0.137. The molecule has 0 bridgehead atoms. The minimum Gasteiger partial charge on any atom is -0.489 e. The number of benzene rings is 2. The topological polar surface area (TPSA) is 52.5 Å². The number of aromatic nitrogens is 1. The molecule has 0 fully saturated rings. The van der Waals surface area contributed by atoms with Crippen molar-refractivity contribution in [2.45, 2.75) is 20.0 Å². The molecule has 164 valence electrons. The van der Waals surface area contributed by atoms with Crippen LogP contribution < -0.4 is 10.1 Å². The van der Waals surface area contributed by atoms with E-state index in [1.807, 2.05) is 41.8 Å². The van der Waals surface area contributed by atoms with E-state index in [0.717, 1.165) is 23.5 Å². The van der Waals surface area contributed by atoms with Crippen LogP contribution in [0.4, 0.5) is 18.9 Å². The summed E-state index contributed by atoms with van der Waals surface area (Å²) >= 11 is 0. The Morgan fingerprint density at radius 2 is 1.74 bits per heavy atom. The van der Waals surface area contributed by atoms with Crippen molar-refractivity contribution in [1.29, 1.82) is 0 Å². The molecule has 1 aromatic heterocycles. The van der Waals surface area contributed by atoms with Gasteiger partial charge in [-0.2, -0.15) is 13.2 Å². The summed E-state index contributed by atoms with van der Waals surface area (Å²) in [5.74, 6) is -0.388. The van der Waals surface area contributed by atoms with E-state index >= 15 is 0 Å². The Morgan fingerprint density at radius 1 is 1.03 bits per heavy atom. The molecule has 3 aromatic rings. The number of halogens is 3. The first-order valence-electron chi connectivity index (χ1n) is 9.61. The molecular weight excluding hydrogens is 409 g/mol. The Kier molecular flexibility index (Phi) is 6.70. The highest BCUT2D eigenvalue weighted by Gasteiger charge is 2.31. The third-order valence-corrected chi connectivity index (χ3v) is 4.79. The number of hydrogen-bond donors (Lipinski definition) is 1. The zero-order valence-corrected chi connectivity index (χ0v) is 17.4. The summed E-state index contributed by atoms with van der Waals surface area (Å²) in [6.45, 7) is 4.04. The van der Waals surface area contributed by atoms with Gasteiger partial charge in [0.2, 0.25) is 0 Å². The summed E-state index contributed by atoms with van der Waals surface area (Å²) in [5, 5.41) is 2.58. The van der Waals surface area contributed by atoms with Gasteiger partial charge >= 0.3 is 6.18 Å². The number of ether oxygens (including phenoxy) is 2. The smallest absolute Gasteiger partial charge is 0.416 e. The van der Waals surface area contributed by atoms with Crippen LogP contribution in [0.2, 0.25) is 0 Å². The van der Waals surface area contributed by atoms with Gasteiger partial charge in [-0.25, -0.2) is 0 Å². The van der Waals surface area contributed by atoms with E-state index in [1.54, 1.807) is 13.0 Å². The number of aryl methyl sites for hydroxylation is 1. The average molecular weight is 432 g/mol. The molecule has 8 heteroatoms. The lowest BCUT2D eigenvalue weighted by Gasteiger charge is -2.15. The van der Waals surface area contributed by atoms with Crippen molar-refractivity contribution in [2.75, 3.05) is 25.6 Å². The maximum atomic E-state index is 13.2. The quantitative estimate of drug-likeness (QED) is 0.510. The lowest BCUT2D eigenvalue weighted by Crippen LogP contribution is -2.16. The van der Waals surface area contributed by atoms with Crippen LogP contribution in [-0.2, 0) is 10.9 Å². The largest absolute Gasteiger partial charge is 0.489 e. The maximum Gasteiger partial charge on any atom is 0.416 e. The number of rotatable bonds is 7. The summed E-state index contributed by atoms with van der Waals surface area (Å²) < 4.78 is 51.9. The number of carbonyl (C=O) groups is 1. The summed E-state index contributed by atoms with van der Waals surface area (Å²) in [6, 6.07) is 14.2. The summed E-state index contributed by atoms with van der Waals surface area (Å²) in [6.07, 6.45) is -4.55. The molecule has 0 unspecified atom stereocenters. The van der Waals surface area contributed by atoms with Crippen molar-refractivity contribution >= 4 is 11.6 Å². The van der Waals surface area contributed by atoms with Crippen molar-refractivity contribution in [2.24, 2.45) is 0 Å². The first kappa shape index (κ1) is 22.4. The van der Waals surface area contributed by atoms with Gasteiger partial charge in [0.25, 0.3) is 5.91 Å². The maximum absolute atomic E-state index is 13.2. The van der Waals surface area contributed by atoms with Gasteiger partial charge in [-0.05, 0) is 50.2 Å². The van der Waals surface area contributed by atoms with Crippen LogP contribution in [0.15, 0.2) is 54.6 Å². The Morgan fingerprint density at radius 3 is 2.39 bits per heavy atom. The van der Waals surface area contributed by atoms with Gasteiger partial charge in [0.05, 0.1) is 23.4 Å². The van der Waals surface area contributed by atoms with Crippen molar-refractivity contribution in [1.82, 2.24) is 4.57 Å². The number of anilines is 1. The molecule has 0 saturated heterocycles. The fraction of sp³-hybridized carbons (Fsp3) is 0.261. The van der Waals surface area contributed by atoms with Crippen molar-refractivity contribution in [3.05, 3.63) is 77.1 Å². The third-order valence-electron chi connectivity index (χ3n) is 4.79. The van der Waals surface area contributed by atoms with Crippen LogP contribution >= 0.6 is 0 Å². The number of alkyl halides is 3. The first-order valence-corrected chi connectivity index (χ1v) is 9.61. The summed E-state index contributed by atoms with van der Waals surface area (Å²) in [7, 11) is 1.49. The Bertz CT molecular complexity index is 1060. The zero-order chi connectivity index (χ0) is 22.6. The van der Waals surface area contributed by atoms with E-state index < -0.39 is 17.6 Å². The fourth-order valence-electron chi connectivity index (χ4n) is 3.32. The molecule has 0 aliphatic rings. The van der Waals surface area contributed by atoms with E-state index in [-0.39, 0.29) is 24.7 Å². The van der Waals surface area contributed by atoms with E-state index in [2.05, 4.69) is 5.32 Å². The average Bonchev–Trinajstić information content (AvgIpc) is 3.03. The van der Waals surface area contributed by atoms with Gasteiger partial charge in [-0.15, -0.1) is 0 Å². The number of amides is 1. The highest BCUT2D eigenvalue weighted by atomic mass is 19.4. The molecule has 0 aliphatic carbocycles. The molecule has 0 saturated carbocycles. The monoisotopic (exact) mass is 432 g/mol. The number of methoxy groups -OCH3 is 1. The minimum atomic E-state index is -4.55. The van der Waals surface area contributed by atoms with Crippen molar-refractivity contribution in [3.8, 4) is 11.4 Å². The van der Waals surface area contributed by atoms with Crippen LogP contribution in [0.25, 0.3) is 5.69 Å². The second kappa shape index (κ2) is 9.26. The van der Waals surface area contributed by atoms with Gasteiger partial charge in [0, 0.05) is 24.2 Å². The van der Waals surface area contributed by atoms with Gasteiger partial charge < -0.3 is 19.4 Å². The second-order valence-corrected chi connectivity index (χ2v) is 6.96. The predicted molar refractivity (Wildman–Crippen MR) is 112 cm³/mol. The van der Waals surface area contributed by atoms with Crippen LogP contribution in [0, 0.1) is 13.8 Å². The number of hydrogen-bond acceptors (Lipinski definition) is 3. The zero-order valence-electron chi connectivity index (χ0n) is 17.4. The van der Waals surface area contributed by atoms with E-state index in [0.29, 0.717) is 11.3 Å². The normalized spacial score (nSPS) is 11.4. The van der Waals surface area contributed by atoms with Gasteiger partial charge in [-0.3, -0.25) is 4.79 Å². The Balaban J connectivity index is 1.94. The highest BCUT2D eigenvalue weighted by molar-refractivity contribution is 6.06. The molecule has 0 aliphatic heterocycles. The summed E-state index contributed by atoms with van der Waals surface area (Å²) in [5.41, 5.74) is 1.82. The molecule has 3 rings (SSSR count). The molecule has 1 N–H and O–H groups in total. The van der Waals surface area contributed by atoms with E-state index in [1.165, 1.54) is 13.2 Å². The molecule has 31 heavy (non-hydrogen) atoms. The molecule has 0 spiro atoms. The second-order valence-electron chi connectivity index (χ2n) is 6.96. The van der Waals surface area contributed by atoms with Crippen LogP contribution in [0.3, 0.4) is 0 Å². The van der Waals surface area contributed by atoms with Crippen LogP contribution in [0.1, 0.15) is 27.3 Å². The number of carbonyl (C=O) groups excluding carboxylic acids is 1. The molecule has 5 nitrogen and oxygen atoms in total. The molecular formula is C23H23F3N2O3.